The Morgan fingerprint density at radius 1 is 1.19 bits per heavy atom. The fourth-order valence-corrected chi connectivity index (χ4v) is 1.57. The number of amides is 1. The normalized spacial score (nSPS) is 12.2. The van der Waals surface area contributed by atoms with E-state index in [1.54, 1.807) is 20.8 Å². The Morgan fingerprint density at radius 3 is 2.33 bits per heavy atom. The van der Waals surface area contributed by atoms with Gasteiger partial charge in [-0.2, -0.15) is 0 Å². The smallest absolute Gasteiger partial charge is 0.407 e. The number of carbonyl (C=O) groups excluding carboxylic acids is 2. The molecule has 2 N–H and O–H groups in total. The Bertz CT molecular complexity index is 468. The molecule has 1 atom stereocenters. The first-order valence-corrected chi connectivity index (χ1v) is 6.68. The average Bonchev–Trinajstić information content (AvgIpc) is 2.41. The lowest BCUT2D eigenvalue weighted by molar-refractivity contribution is -0.141. The molecule has 0 radical (unpaired) electrons. The van der Waals surface area contributed by atoms with E-state index < -0.39 is 23.7 Å². The molecule has 1 aromatic rings. The minimum Gasteiger partial charge on any atom is -0.467 e. The number of rotatable bonds is 5. The molecule has 0 aromatic heterocycles. The zero-order valence-electron chi connectivity index (χ0n) is 12.8. The quantitative estimate of drug-likeness (QED) is 0.814. The Labute approximate surface area is 124 Å². The molecule has 0 aliphatic rings. The van der Waals surface area contributed by atoms with E-state index in [0.29, 0.717) is 0 Å². The van der Waals surface area contributed by atoms with Crippen LogP contribution in [-0.4, -0.2) is 37.4 Å². The van der Waals surface area contributed by atoms with E-state index in [0.717, 1.165) is 5.69 Å². The fraction of sp³-hybridized carbons (Fsp3) is 0.467. The molecule has 0 saturated heterocycles. The Morgan fingerprint density at radius 2 is 1.81 bits per heavy atom. The van der Waals surface area contributed by atoms with Gasteiger partial charge in [0.15, 0.2) is 0 Å². The third-order valence-electron chi connectivity index (χ3n) is 2.45. The van der Waals surface area contributed by atoms with E-state index >= 15 is 0 Å². The molecule has 21 heavy (non-hydrogen) atoms. The number of benzene rings is 1. The van der Waals surface area contributed by atoms with E-state index in [1.807, 2.05) is 30.3 Å². The minimum atomic E-state index is -0.690. The molecule has 6 nitrogen and oxygen atoms in total. The van der Waals surface area contributed by atoms with Crippen molar-refractivity contribution in [2.45, 2.75) is 32.4 Å². The maximum absolute atomic E-state index is 11.7. The van der Waals surface area contributed by atoms with E-state index in [2.05, 4.69) is 10.6 Å². The van der Waals surface area contributed by atoms with Crippen LogP contribution >= 0.6 is 0 Å². The molecular weight excluding hydrogens is 272 g/mol. The molecule has 1 aromatic carbocycles. The zero-order chi connectivity index (χ0) is 15.9. The Hall–Kier alpha value is -2.24. The molecule has 1 rings (SSSR count). The number of hydrogen-bond acceptors (Lipinski definition) is 5. The highest BCUT2D eigenvalue weighted by Crippen LogP contribution is 2.09. The molecular formula is C15H22N2O4. The van der Waals surface area contributed by atoms with Gasteiger partial charge in [0.25, 0.3) is 0 Å². The van der Waals surface area contributed by atoms with Gasteiger partial charge in [-0.05, 0) is 32.9 Å². The summed E-state index contributed by atoms with van der Waals surface area (Å²) in [6.45, 7) is 5.38. The number of hydrogen-bond donors (Lipinski definition) is 2. The summed E-state index contributed by atoms with van der Waals surface area (Å²) in [5, 5.41) is 5.55. The number of anilines is 1. The van der Waals surface area contributed by atoms with Crippen molar-refractivity contribution in [1.29, 1.82) is 0 Å². The molecule has 1 amide bonds. The van der Waals surface area contributed by atoms with E-state index in [4.69, 9.17) is 9.47 Å². The third kappa shape index (κ3) is 6.65. The third-order valence-corrected chi connectivity index (χ3v) is 2.45. The van der Waals surface area contributed by atoms with Gasteiger partial charge in [-0.15, -0.1) is 0 Å². The monoisotopic (exact) mass is 294 g/mol. The summed E-state index contributed by atoms with van der Waals surface area (Å²) in [7, 11) is 1.30. The van der Waals surface area contributed by atoms with Gasteiger partial charge >= 0.3 is 12.1 Å². The van der Waals surface area contributed by atoms with Gasteiger partial charge in [0.1, 0.15) is 11.6 Å². The van der Waals surface area contributed by atoms with Crippen molar-refractivity contribution in [3.8, 4) is 0 Å². The standard InChI is InChI=1S/C15H22N2O4/c1-15(2,3)21-14(19)16-10-12(13(18)20-4)17-11-8-6-5-7-9-11/h5-9,12,17H,10H2,1-4H3,(H,16,19)/t12-/m0/s1. The molecule has 0 heterocycles. The van der Waals surface area contributed by atoms with Crippen molar-refractivity contribution in [2.24, 2.45) is 0 Å². The summed E-state index contributed by atoms with van der Waals surface area (Å²) in [5.74, 6) is -0.463. The van der Waals surface area contributed by atoms with E-state index in [-0.39, 0.29) is 6.54 Å². The average molecular weight is 294 g/mol. The topological polar surface area (TPSA) is 76.7 Å². The fourth-order valence-electron chi connectivity index (χ4n) is 1.57. The lowest BCUT2D eigenvalue weighted by Crippen LogP contribution is -2.43. The Balaban J connectivity index is 2.59. The lowest BCUT2D eigenvalue weighted by atomic mass is 10.2. The van der Waals surface area contributed by atoms with Crippen LogP contribution in [0.1, 0.15) is 20.8 Å². The summed E-state index contributed by atoms with van der Waals surface area (Å²) in [5.41, 5.74) is 0.177. The van der Waals surface area contributed by atoms with Crippen LogP contribution in [0.4, 0.5) is 10.5 Å². The van der Waals surface area contributed by atoms with Gasteiger partial charge in [0.05, 0.1) is 13.7 Å². The summed E-state index contributed by atoms with van der Waals surface area (Å²) in [6, 6.07) is 8.52. The molecule has 0 saturated carbocycles. The molecule has 0 fully saturated rings. The molecule has 0 spiro atoms. The number of para-hydroxylation sites is 1. The highest BCUT2D eigenvalue weighted by molar-refractivity contribution is 5.80. The van der Waals surface area contributed by atoms with Crippen molar-refractivity contribution in [2.75, 3.05) is 19.0 Å². The number of alkyl carbamates (subject to hydrolysis) is 1. The number of esters is 1. The first kappa shape index (κ1) is 16.8. The molecule has 0 aliphatic carbocycles. The van der Waals surface area contributed by atoms with Crippen molar-refractivity contribution >= 4 is 17.7 Å². The van der Waals surface area contributed by atoms with Crippen LogP contribution in [0.25, 0.3) is 0 Å². The van der Waals surface area contributed by atoms with Gasteiger partial charge in [-0.3, -0.25) is 0 Å². The maximum Gasteiger partial charge on any atom is 0.407 e. The second kappa shape index (κ2) is 7.52. The molecule has 116 valence electrons. The minimum absolute atomic E-state index is 0.0660. The van der Waals surface area contributed by atoms with E-state index in [1.165, 1.54) is 7.11 Å². The highest BCUT2D eigenvalue weighted by Gasteiger charge is 2.22. The largest absolute Gasteiger partial charge is 0.467 e. The summed E-state index contributed by atoms with van der Waals surface area (Å²) in [6.07, 6.45) is -0.578. The maximum atomic E-state index is 11.7. The van der Waals surface area contributed by atoms with E-state index in [9.17, 15) is 9.59 Å². The Kier molecular flexibility index (Phi) is 6.02. The van der Waals surface area contributed by atoms with Crippen LogP contribution in [0.5, 0.6) is 0 Å². The lowest BCUT2D eigenvalue weighted by Gasteiger charge is -2.22. The first-order valence-electron chi connectivity index (χ1n) is 6.68. The van der Waals surface area contributed by atoms with Gasteiger partial charge in [-0.25, -0.2) is 9.59 Å². The molecule has 0 unspecified atom stereocenters. The van der Waals surface area contributed by atoms with Crippen molar-refractivity contribution in [3.63, 3.8) is 0 Å². The predicted octanol–water partition coefficient (Wildman–Crippen LogP) is 2.16. The van der Waals surface area contributed by atoms with Crippen LogP contribution in [0.3, 0.4) is 0 Å². The van der Waals surface area contributed by atoms with Crippen LogP contribution in [-0.2, 0) is 14.3 Å². The second-order valence-electron chi connectivity index (χ2n) is 5.47. The van der Waals surface area contributed by atoms with Crippen LogP contribution in [0, 0.1) is 0 Å². The summed E-state index contributed by atoms with van der Waals surface area (Å²) in [4.78, 5) is 23.4. The molecule has 6 heteroatoms. The number of ether oxygens (including phenoxy) is 2. The first-order chi connectivity index (χ1) is 9.81. The van der Waals surface area contributed by atoms with Crippen LogP contribution in [0.15, 0.2) is 30.3 Å². The number of carbonyl (C=O) groups is 2. The summed E-state index contributed by atoms with van der Waals surface area (Å²) >= 11 is 0. The second-order valence-corrected chi connectivity index (χ2v) is 5.47. The van der Waals surface area contributed by atoms with Crippen molar-refractivity contribution in [3.05, 3.63) is 30.3 Å². The SMILES string of the molecule is COC(=O)[C@H](CNC(=O)OC(C)(C)C)Nc1ccccc1. The highest BCUT2D eigenvalue weighted by atomic mass is 16.6. The molecule has 0 aliphatic heterocycles. The van der Waals surface area contributed by atoms with Crippen LogP contribution < -0.4 is 10.6 Å². The van der Waals surface area contributed by atoms with Crippen molar-refractivity contribution in [1.82, 2.24) is 5.32 Å². The molecule has 0 bridgehead atoms. The number of methoxy groups -OCH3 is 1. The zero-order valence-corrected chi connectivity index (χ0v) is 12.8. The summed E-state index contributed by atoms with van der Waals surface area (Å²) < 4.78 is 9.85. The van der Waals surface area contributed by atoms with Gasteiger partial charge in [0.2, 0.25) is 0 Å². The van der Waals surface area contributed by atoms with Crippen molar-refractivity contribution < 1.29 is 19.1 Å². The van der Waals surface area contributed by atoms with Gasteiger partial charge in [0, 0.05) is 5.69 Å². The number of nitrogens with one attached hydrogen (secondary N) is 2. The van der Waals surface area contributed by atoms with Gasteiger partial charge in [-0.1, -0.05) is 18.2 Å². The van der Waals surface area contributed by atoms with Crippen LogP contribution in [0.2, 0.25) is 0 Å². The van der Waals surface area contributed by atoms with Gasteiger partial charge < -0.3 is 20.1 Å². The predicted molar refractivity (Wildman–Crippen MR) is 80.1 cm³/mol.